The molecular weight excluding hydrogens is 461 g/mol. The minimum Gasteiger partial charge on any atom is -0.335 e. The monoisotopic (exact) mass is 479 g/mol. The molecule has 1 atom stereocenters. The summed E-state index contributed by atoms with van der Waals surface area (Å²) in [6.07, 6.45) is -2.91. The molecule has 0 aromatic carbocycles. The number of pyridine rings is 1. The Labute approximate surface area is 183 Å². The molecule has 4 heterocycles. The van der Waals surface area contributed by atoms with E-state index in [1.165, 1.54) is 4.57 Å². The number of likely N-dealkylation sites (tertiary alicyclic amines) is 1. The van der Waals surface area contributed by atoms with Gasteiger partial charge in [0, 0.05) is 32.0 Å². The Balaban J connectivity index is 1.52. The van der Waals surface area contributed by atoms with Crippen molar-refractivity contribution in [2.45, 2.75) is 56.8 Å². The second-order valence-electron chi connectivity index (χ2n) is 7.97. The molecule has 0 unspecified atom stereocenters. The second kappa shape index (κ2) is 8.13. The third-order valence-electron chi connectivity index (χ3n) is 5.70. The van der Waals surface area contributed by atoms with Crippen molar-refractivity contribution in [2.75, 3.05) is 13.1 Å². The number of amides is 1. The zero-order valence-electron chi connectivity index (χ0n) is 16.7. The number of hydrogen-bond donors (Lipinski definition) is 0. The van der Waals surface area contributed by atoms with Crippen LogP contribution in [0.2, 0.25) is 5.02 Å². The van der Waals surface area contributed by atoms with Gasteiger partial charge in [-0.25, -0.2) is 18.3 Å². The van der Waals surface area contributed by atoms with E-state index in [0.29, 0.717) is 31.3 Å². The summed E-state index contributed by atoms with van der Waals surface area (Å²) in [6.45, 7) is -0.753. The summed E-state index contributed by atoms with van der Waals surface area (Å²) in [5, 5.41) is 4.06. The molecule has 0 radical (unpaired) electrons. The van der Waals surface area contributed by atoms with Crippen LogP contribution in [0.4, 0.5) is 22.0 Å². The van der Waals surface area contributed by atoms with E-state index in [2.05, 4.69) is 10.1 Å². The van der Waals surface area contributed by atoms with E-state index in [1.807, 2.05) is 0 Å². The molecule has 13 heteroatoms. The predicted octanol–water partition coefficient (Wildman–Crippen LogP) is 3.10. The Morgan fingerprint density at radius 3 is 2.69 bits per heavy atom. The zero-order valence-corrected chi connectivity index (χ0v) is 17.5. The number of halogens is 6. The van der Waals surface area contributed by atoms with Crippen molar-refractivity contribution in [3.05, 3.63) is 44.9 Å². The van der Waals surface area contributed by atoms with E-state index in [0.717, 1.165) is 15.6 Å². The number of carbonyl (C=O) groups excluding carboxylic acids is 1. The number of aromatic nitrogens is 4. The van der Waals surface area contributed by atoms with Gasteiger partial charge in [-0.3, -0.25) is 14.3 Å². The molecule has 1 amide bonds. The lowest BCUT2D eigenvalue weighted by Crippen LogP contribution is -2.42. The number of alkyl halides is 5. The van der Waals surface area contributed by atoms with Crippen LogP contribution in [0.5, 0.6) is 0 Å². The highest BCUT2D eigenvalue weighted by atomic mass is 35.5. The smallest absolute Gasteiger partial charge is 0.335 e. The lowest BCUT2D eigenvalue weighted by atomic mass is 10.0. The fourth-order valence-electron chi connectivity index (χ4n) is 4.06. The molecule has 1 fully saturated rings. The molecule has 2 aliphatic heterocycles. The number of hydrogen-bond acceptors (Lipinski definition) is 4. The topological polar surface area (TPSA) is 73.0 Å². The van der Waals surface area contributed by atoms with Crippen LogP contribution in [0.3, 0.4) is 0 Å². The van der Waals surface area contributed by atoms with Crippen LogP contribution in [-0.4, -0.2) is 49.2 Å². The van der Waals surface area contributed by atoms with E-state index >= 15 is 0 Å². The van der Waals surface area contributed by atoms with Crippen LogP contribution in [0, 0.1) is 0 Å². The van der Waals surface area contributed by atoms with Crippen LogP contribution in [0.25, 0.3) is 0 Å². The maximum absolute atomic E-state index is 13.5. The molecule has 7 nitrogen and oxygen atoms in total. The summed E-state index contributed by atoms with van der Waals surface area (Å²) in [7, 11) is 0. The zero-order chi connectivity index (χ0) is 23.3. The van der Waals surface area contributed by atoms with Crippen molar-refractivity contribution < 1.29 is 26.7 Å². The van der Waals surface area contributed by atoms with E-state index in [4.69, 9.17) is 11.6 Å². The fourth-order valence-corrected chi connectivity index (χ4v) is 4.32. The van der Waals surface area contributed by atoms with Crippen LogP contribution in [-0.2, 0) is 30.4 Å². The summed E-state index contributed by atoms with van der Waals surface area (Å²) in [5.74, 6) is -3.09. The number of aryl methyl sites for hydroxylation is 3. The first-order valence-corrected chi connectivity index (χ1v) is 10.4. The van der Waals surface area contributed by atoms with Crippen molar-refractivity contribution >= 4 is 17.5 Å². The van der Waals surface area contributed by atoms with Gasteiger partial charge in [-0.1, -0.05) is 11.6 Å². The number of fused-ring (bicyclic) bond motifs is 1. The Kier molecular flexibility index (Phi) is 5.76. The Morgan fingerprint density at radius 2 is 2.06 bits per heavy atom. The molecule has 2 aromatic heterocycles. The van der Waals surface area contributed by atoms with E-state index < -0.39 is 48.3 Å². The van der Waals surface area contributed by atoms with Crippen LogP contribution >= 0.6 is 11.6 Å². The largest absolute Gasteiger partial charge is 0.417 e. The van der Waals surface area contributed by atoms with Gasteiger partial charge in [0.2, 0.25) is 5.91 Å². The molecule has 2 aliphatic rings. The molecule has 32 heavy (non-hydrogen) atoms. The lowest BCUT2D eigenvalue weighted by Gasteiger charge is -2.27. The van der Waals surface area contributed by atoms with Gasteiger partial charge in [0.1, 0.15) is 11.9 Å². The first kappa shape index (κ1) is 22.7. The summed E-state index contributed by atoms with van der Waals surface area (Å²) in [4.78, 5) is 30.6. The van der Waals surface area contributed by atoms with Gasteiger partial charge in [-0.15, -0.1) is 0 Å². The molecule has 0 N–H and O–H groups in total. The van der Waals surface area contributed by atoms with Crippen molar-refractivity contribution in [1.82, 2.24) is 24.2 Å². The maximum Gasteiger partial charge on any atom is 0.417 e. The van der Waals surface area contributed by atoms with Gasteiger partial charge < -0.3 is 4.90 Å². The minimum atomic E-state index is -4.57. The van der Waals surface area contributed by atoms with Crippen LogP contribution in [0.15, 0.2) is 17.1 Å². The lowest BCUT2D eigenvalue weighted by molar-refractivity contribution is -0.138. The van der Waals surface area contributed by atoms with Gasteiger partial charge in [0.15, 0.2) is 0 Å². The average Bonchev–Trinajstić information content (AvgIpc) is 3.25. The third-order valence-corrected chi connectivity index (χ3v) is 6.03. The number of carbonyl (C=O) groups is 1. The van der Waals surface area contributed by atoms with Crippen molar-refractivity contribution in [3.8, 4) is 0 Å². The summed E-state index contributed by atoms with van der Waals surface area (Å²) < 4.78 is 67.7. The molecule has 174 valence electrons. The van der Waals surface area contributed by atoms with E-state index in [1.54, 1.807) is 0 Å². The van der Waals surface area contributed by atoms with Crippen molar-refractivity contribution in [2.24, 2.45) is 0 Å². The molecule has 0 aliphatic carbocycles. The molecule has 1 saturated heterocycles. The Hall–Kier alpha value is -2.50. The first-order valence-electron chi connectivity index (χ1n) is 10.0. The molecule has 0 bridgehead atoms. The van der Waals surface area contributed by atoms with Crippen molar-refractivity contribution in [1.29, 1.82) is 0 Å². The first-order chi connectivity index (χ1) is 15.0. The molecule has 2 aromatic rings. The van der Waals surface area contributed by atoms with Gasteiger partial charge in [-0.2, -0.15) is 18.3 Å². The molecule has 0 spiro atoms. The predicted molar refractivity (Wildman–Crippen MR) is 103 cm³/mol. The highest BCUT2D eigenvalue weighted by Gasteiger charge is 2.43. The van der Waals surface area contributed by atoms with E-state index in [9.17, 15) is 31.5 Å². The second-order valence-corrected chi connectivity index (χ2v) is 8.37. The molecule has 4 rings (SSSR count). The van der Waals surface area contributed by atoms with Crippen LogP contribution < -0.4 is 5.69 Å². The van der Waals surface area contributed by atoms with Gasteiger partial charge >= 0.3 is 11.9 Å². The van der Waals surface area contributed by atoms with Crippen LogP contribution in [0.1, 0.15) is 42.4 Å². The quantitative estimate of drug-likeness (QED) is 0.632. The number of rotatable bonds is 4. The standard InChI is InChI=1S/C19H19ClF5N5O2/c20-12-8-11(19(23,24)25)9-26-13(12)4-6-29-17(32)30-14(2-1-3-15(30)27-29)16(31)28-7-5-18(21,22)10-28/h8-9,14H,1-7,10H2/t14-/m0/s1. The summed E-state index contributed by atoms with van der Waals surface area (Å²) >= 11 is 5.92. The van der Waals surface area contributed by atoms with Crippen molar-refractivity contribution in [3.63, 3.8) is 0 Å². The maximum atomic E-state index is 13.5. The highest BCUT2D eigenvalue weighted by Crippen LogP contribution is 2.32. The normalized spacial score (nSPS) is 20.4. The van der Waals surface area contributed by atoms with Gasteiger partial charge in [0.05, 0.1) is 29.4 Å². The highest BCUT2D eigenvalue weighted by molar-refractivity contribution is 6.31. The van der Waals surface area contributed by atoms with E-state index in [-0.39, 0.29) is 30.2 Å². The minimum absolute atomic E-state index is 0.0143. The molecule has 0 saturated carbocycles. The Morgan fingerprint density at radius 1 is 1.31 bits per heavy atom. The summed E-state index contributed by atoms with van der Waals surface area (Å²) in [5.41, 5.74) is -1.38. The average molecular weight is 480 g/mol. The number of nitrogens with zero attached hydrogens (tertiary/aromatic N) is 5. The SMILES string of the molecule is O=C([C@@H]1CCCc2nn(CCc3ncc(C(F)(F)F)cc3Cl)c(=O)n21)N1CCC(F)(F)C1. The Bertz CT molecular complexity index is 1100. The molecular formula is C19H19ClF5N5O2. The summed E-state index contributed by atoms with van der Waals surface area (Å²) in [6, 6.07) is -0.132. The third kappa shape index (κ3) is 4.37. The van der Waals surface area contributed by atoms with Gasteiger partial charge in [0.25, 0.3) is 5.92 Å². The van der Waals surface area contributed by atoms with Gasteiger partial charge in [-0.05, 0) is 18.9 Å². The fraction of sp³-hybridized carbons (Fsp3) is 0.579.